The molecule has 164 valence electrons. The maximum absolute atomic E-state index is 6.63. The molecule has 0 aliphatic carbocycles. The molecule has 0 saturated heterocycles. The second kappa shape index (κ2) is 7.70. The van der Waals surface area contributed by atoms with E-state index in [4.69, 9.17) is 14.2 Å². The molecule has 0 spiro atoms. The average molecular weight is 438 g/mol. The summed E-state index contributed by atoms with van der Waals surface area (Å²) in [5, 5.41) is 8.08. The number of para-hydroxylation sites is 1. The van der Waals surface area contributed by atoms with Crippen LogP contribution >= 0.6 is 0 Å². The monoisotopic (exact) mass is 438 g/mol. The van der Waals surface area contributed by atoms with Crippen LogP contribution in [0.2, 0.25) is 0 Å². The summed E-state index contributed by atoms with van der Waals surface area (Å²) in [5.41, 5.74) is 5.11. The maximum Gasteiger partial charge on any atom is 0.226 e. The quantitative estimate of drug-likeness (QED) is 0.491. The standard InChI is InChI=1S/C26H22N4O3/c1-31-18-12-10-16(11-13-18)25-22-23(20-8-3-4-9-21(20)33-25)29-26-27-15-28-30(26)24(22)17-6-5-7-19(14-17)32-2/h3-15,24-25H,1-2H3,(H,27,28,29). The molecule has 1 N–H and O–H groups in total. The van der Waals surface area contributed by atoms with Gasteiger partial charge in [0.25, 0.3) is 0 Å². The van der Waals surface area contributed by atoms with E-state index >= 15 is 0 Å². The molecule has 7 nitrogen and oxygen atoms in total. The van der Waals surface area contributed by atoms with Gasteiger partial charge in [-0.15, -0.1) is 0 Å². The second-order valence-corrected chi connectivity index (χ2v) is 7.93. The molecule has 4 aromatic rings. The summed E-state index contributed by atoms with van der Waals surface area (Å²) in [6, 6.07) is 23.9. The van der Waals surface area contributed by atoms with Crippen LogP contribution < -0.4 is 19.5 Å². The second-order valence-electron chi connectivity index (χ2n) is 7.93. The Morgan fingerprint density at radius 1 is 0.879 bits per heavy atom. The van der Waals surface area contributed by atoms with Crippen molar-refractivity contribution in [1.29, 1.82) is 0 Å². The highest BCUT2D eigenvalue weighted by Gasteiger charge is 2.40. The number of hydrogen-bond donors (Lipinski definition) is 1. The van der Waals surface area contributed by atoms with Crippen molar-refractivity contribution in [2.75, 3.05) is 19.5 Å². The minimum Gasteiger partial charge on any atom is -0.497 e. The lowest BCUT2D eigenvalue weighted by Gasteiger charge is -2.39. The van der Waals surface area contributed by atoms with Gasteiger partial charge in [-0.25, -0.2) is 4.68 Å². The van der Waals surface area contributed by atoms with Crippen molar-refractivity contribution < 1.29 is 14.2 Å². The highest BCUT2D eigenvalue weighted by atomic mass is 16.5. The Labute approximate surface area is 191 Å². The van der Waals surface area contributed by atoms with Gasteiger partial charge in [0.15, 0.2) is 0 Å². The van der Waals surface area contributed by atoms with Gasteiger partial charge in [0.2, 0.25) is 5.95 Å². The Kier molecular flexibility index (Phi) is 4.54. The fourth-order valence-corrected chi connectivity index (χ4v) is 4.60. The van der Waals surface area contributed by atoms with E-state index in [2.05, 4.69) is 27.5 Å². The number of aromatic nitrogens is 3. The fraction of sp³-hybridized carbons (Fsp3) is 0.154. The zero-order chi connectivity index (χ0) is 22.4. The van der Waals surface area contributed by atoms with Crippen molar-refractivity contribution in [2.24, 2.45) is 0 Å². The van der Waals surface area contributed by atoms with Crippen molar-refractivity contribution in [1.82, 2.24) is 14.8 Å². The number of rotatable bonds is 4. The number of fused-ring (bicyclic) bond motifs is 3. The Hall–Kier alpha value is -4.26. The lowest BCUT2D eigenvalue weighted by molar-refractivity contribution is 0.223. The highest BCUT2D eigenvalue weighted by molar-refractivity contribution is 5.85. The van der Waals surface area contributed by atoms with Crippen molar-refractivity contribution in [2.45, 2.75) is 12.1 Å². The molecule has 33 heavy (non-hydrogen) atoms. The molecule has 0 saturated carbocycles. The Morgan fingerprint density at radius 3 is 2.52 bits per heavy atom. The Balaban J connectivity index is 1.60. The van der Waals surface area contributed by atoms with Crippen LogP contribution in [0.5, 0.6) is 17.2 Å². The van der Waals surface area contributed by atoms with Crippen molar-refractivity contribution >= 4 is 11.6 Å². The number of hydrogen-bond acceptors (Lipinski definition) is 6. The van der Waals surface area contributed by atoms with Gasteiger partial charge in [-0.05, 0) is 47.5 Å². The van der Waals surface area contributed by atoms with Crippen molar-refractivity contribution in [3.05, 3.63) is 101 Å². The van der Waals surface area contributed by atoms with Gasteiger partial charge < -0.3 is 19.5 Å². The number of anilines is 1. The molecular formula is C26H22N4O3. The predicted octanol–water partition coefficient (Wildman–Crippen LogP) is 4.86. The van der Waals surface area contributed by atoms with E-state index in [0.717, 1.165) is 45.2 Å². The van der Waals surface area contributed by atoms with E-state index in [1.165, 1.54) is 0 Å². The summed E-state index contributed by atoms with van der Waals surface area (Å²) in [4.78, 5) is 4.48. The first-order valence-electron chi connectivity index (χ1n) is 10.7. The SMILES string of the molecule is COc1ccc(C2Oc3ccccc3C3=C2C(c2cccc(OC)c2)n2ncnc2N3)cc1. The van der Waals surface area contributed by atoms with E-state index in [-0.39, 0.29) is 12.1 Å². The van der Waals surface area contributed by atoms with Gasteiger partial charge in [0.1, 0.15) is 35.7 Å². The third kappa shape index (κ3) is 3.12. The number of nitrogens with one attached hydrogen (secondary N) is 1. The minimum absolute atomic E-state index is 0.227. The van der Waals surface area contributed by atoms with E-state index < -0.39 is 0 Å². The molecule has 1 aromatic heterocycles. The van der Waals surface area contributed by atoms with Gasteiger partial charge >= 0.3 is 0 Å². The third-order valence-corrected chi connectivity index (χ3v) is 6.15. The highest BCUT2D eigenvalue weighted by Crippen LogP contribution is 2.50. The molecule has 2 unspecified atom stereocenters. The van der Waals surface area contributed by atoms with E-state index in [9.17, 15) is 0 Å². The number of methoxy groups -OCH3 is 2. The van der Waals surface area contributed by atoms with E-state index in [1.807, 2.05) is 65.3 Å². The molecule has 2 aliphatic heterocycles. The molecule has 7 heteroatoms. The zero-order valence-electron chi connectivity index (χ0n) is 18.2. The molecule has 0 radical (unpaired) electrons. The molecule has 2 aliphatic rings. The summed E-state index contributed by atoms with van der Waals surface area (Å²) in [7, 11) is 3.34. The average Bonchev–Trinajstić information content (AvgIpc) is 3.35. The maximum atomic E-state index is 6.63. The van der Waals surface area contributed by atoms with Gasteiger partial charge in [0, 0.05) is 11.1 Å². The summed E-state index contributed by atoms with van der Waals surface area (Å²) in [6.45, 7) is 0. The van der Waals surface area contributed by atoms with Gasteiger partial charge in [0.05, 0.1) is 19.9 Å². The number of benzene rings is 3. The van der Waals surface area contributed by atoms with Crippen LogP contribution in [-0.2, 0) is 0 Å². The van der Waals surface area contributed by atoms with E-state index in [1.54, 1.807) is 20.5 Å². The minimum atomic E-state index is -0.332. The third-order valence-electron chi connectivity index (χ3n) is 6.15. The Morgan fingerprint density at radius 2 is 1.70 bits per heavy atom. The zero-order valence-corrected chi connectivity index (χ0v) is 18.2. The fourth-order valence-electron chi connectivity index (χ4n) is 4.60. The predicted molar refractivity (Wildman–Crippen MR) is 125 cm³/mol. The molecule has 3 aromatic carbocycles. The van der Waals surface area contributed by atoms with Gasteiger partial charge in [-0.3, -0.25) is 0 Å². The lowest BCUT2D eigenvalue weighted by atomic mass is 9.84. The first kappa shape index (κ1) is 19.4. The van der Waals surface area contributed by atoms with Crippen LogP contribution in [0.15, 0.2) is 84.7 Å². The molecule has 0 amide bonds. The van der Waals surface area contributed by atoms with Crippen LogP contribution in [0.4, 0.5) is 5.95 Å². The number of nitrogens with zero attached hydrogens (tertiary/aromatic N) is 3. The van der Waals surface area contributed by atoms with E-state index in [0.29, 0.717) is 5.95 Å². The Bertz CT molecular complexity index is 1360. The van der Waals surface area contributed by atoms with Crippen LogP contribution in [0.25, 0.3) is 5.70 Å². The van der Waals surface area contributed by atoms with Crippen LogP contribution in [0.1, 0.15) is 28.8 Å². The number of ether oxygens (including phenoxy) is 3. The van der Waals surface area contributed by atoms with Crippen LogP contribution in [-0.4, -0.2) is 29.0 Å². The normalized spacial score (nSPS) is 18.4. The molecule has 0 bridgehead atoms. The molecule has 6 rings (SSSR count). The molecule has 3 heterocycles. The molecule has 2 atom stereocenters. The van der Waals surface area contributed by atoms with Crippen LogP contribution in [0.3, 0.4) is 0 Å². The summed E-state index contributed by atoms with van der Waals surface area (Å²) in [6.07, 6.45) is 1.24. The van der Waals surface area contributed by atoms with Crippen LogP contribution in [0, 0.1) is 0 Å². The first-order chi connectivity index (χ1) is 16.3. The van der Waals surface area contributed by atoms with Crippen molar-refractivity contribution in [3.63, 3.8) is 0 Å². The molecular weight excluding hydrogens is 416 g/mol. The molecule has 0 fully saturated rings. The summed E-state index contributed by atoms with van der Waals surface area (Å²) < 4.78 is 19.4. The van der Waals surface area contributed by atoms with Gasteiger partial charge in [-0.2, -0.15) is 10.1 Å². The van der Waals surface area contributed by atoms with Gasteiger partial charge in [-0.1, -0.05) is 36.4 Å². The lowest BCUT2D eigenvalue weighted by Crippen LogP contribution is -2.32. The summed E-state index contributed by atoms with van der Waals surface area (Å²) in [5.74, 6) is 3.09. The first-order valence-corrected chi connectivity index (χ1v) is 10.7. The largest absolute Gasteiger partial charge is 0.497 e. The topological polar surface area (TPSA) is 70.4 Å². The smallest absolute Gasteiger partial charge is 0.226 e. The summed E-state index contributed by atoms with van der Waals surface area (Å²) >= 11 is 0. The van der Waals surface area contributed by atoms with Crippen molar-refractivity contribution in [3.8, 4) is 17.2 Å².